The van der Waals surface area contributed by atoms with E-state index in [2.05, 4.69) is 5.10 Å². The third kappa shape index (κ3) is 1.82. The Kier molecular flexibility index (Phi) is 2.32. The second-order valence-electron chi connectivity index (χ2n) is 2.78. The largest absolute Gasteiger partial charge is 0.476 e. The van der Waals surface area contributed by atoms with Crippen molar-refractivity contribution in [1.82, 2.24) is 9.78 Å². The van der Waals surface area contributed by atoms with Gasteiger partial charge >= 0.3 is 5.97 Å². The molecule has 14 heavy (non-hydrogen) atoms. The highest BCUT2D eigenvalue weighted by molar-refractivity contribution is 7.09. The fourth-order valence-corrected chi connectivity index (χ4v) is 1.82. The lowest BCUT2D eigenvalue weighted by Gasteiger charge is -1.96. The lowest BCUT2D eigenvalue weighted by atomic mass is 10.4. The van der Waals surface area contributed by atoms with Gasteiger partial charge < -0.3 is 5.11 Å². The Balaban J connectivity index is 2.14. The van der Waals surface area contributed by atoms with Gasteiger partial charge in [0, 0.05) is 11.1 Å². The first-order chi connectivity index (χ1) is 6.75. The number of carboxylic acid groups (broad SMARTS) is 1. The highest BCUT2D eigenvalue weighted by Gasteiger charge is 2.06. The van der Waals surface area contributed by atoms with Gasteiger partial charge in [-0.05, 0) is 17.5 Å². The maximum atomic E-state index is 10.5. The molecule has 0 aliphatic rings. The summed E-state index contributed by atoms with van der Waals surface area (Å²) in [5.74, 6) is -0.991. The lowest BCUT2D eigenvalue weighted by Crippen LogP contribution is -2.02. The zero-order chi connectivity index (χ0) is 9.97. The quantitative estimate of drug-likeness (QED) is 0.835. The molecule has 0 saturated heterocycles. The molecule has 4 nitrogen and oxygen atoms in total. The molecule has 0 aliphatic carbocycles. The van der Waals surface area contributed by atoms with Crippen LogP contribution in [0.5, 0.6) is 0 Å². The van der Waals surface area contributed by atoms with E-state index in [1.807, 2.05) is 17.5 Å². The lowest BCUT2D eigenvalue weighted by molar-refractivity contribution is 0.0689. The van der Waals surface area contributed by atoms with E-state index in [-0.39, 0.29) is 5.69 Å². The van der Waals surface area contributed by atoms with Gasteiger partial charge in [0.1, 0.15) is 0 Å². The summed E-state index contributed by atoms with van der Waals surface area (Å²) in [5.41, 5.74) is 0.0848. The molecule has 2 aromatic rings. The number of nitrogens with zero attached hydrogens (tertiary/aromatic N) is 2. The van der Waals surface area contributed by atoms with Crippen LogP contribution in [-0.4, -0.2) is 20.9 Å². The molecule has 0 atom stereocenters. The van der Waals surface area contributed by atoms with Gasteiger partial charge in [0.2, 0.25) is 0 Å². The minimum atomic E-state index is -0.991. The molecule has 2 heterocycles. The zero-order valence-electron chi connectivity index (χ0n) is 7.25. The van der Waals surface area contributed by atoms with Crippen molar-refractivity contribution in [2.45, 2.75) is 6.54 Å². The van der Waals surface area contributed by atoms with Gasteiger partial charge in [-0.25, -0.2) is 4.79 Å². The molecule has 0 saturated carbocycles. The van der Waals surface area contributed by atoms with Gasteiger partial charge in [0.25, 0.3) is 0 Å². The first-order valence-corrected chi connectivity index (χ1v) is 4.93. The van der Waals surface area contributed by atoms with Crippen molar-refractivity contribution in [3.05, 3.63) is 40.3 Å². The molecule has 2 rings (SSSR count). The fraction of sp³-hybridized carbons (Fsp3) is 0.111. The van der Waals surface area contributed by atoms with Gasteiger partial charge in [-0.2, -0.15) is 5.10 Å². The molecule has 0 bridgehead atoms. The minimum absolute atomic E-state index is 0.0848. The normalized spacial score (nSPS) is 10.3. The third-order valence-corrected chi connectivity index (χ3v) is 2.62. The molecule has 0 radical (unpaired) electrons. The van der Waals surface area contributed by atoms with Gasteiger partial charge in [0.05, 0.1) is 6.54 Å². The van der Waals surface area contributed by atoms with Crippen molar-refractivity contribution in [2.24, 2.45) is 0 Å². The molecular formula is C9H8N2O2S. The fourth-order valence-electron chi connectivity index (χ4n) is 1.13. The molecular weight excluding hydrogens is 200 g/mol. The maximum absolute atomic E-state index is 10.5. The first-order valence-electron chi connectivity index (χ1n) is 4.05. The number of hydrogen-bond donors (Lipinski definition) is 1. The summed E-state index contributed by atoms with van der Waals surface area (Å²) < 4.78 is 1.62. The molecule has 0 aliphatic heterocycles. The number of aromatic carboxylic acids is 1. The zero-order valence-corrected chi connectivity index (χ0v) is 8.07. The Morgan fingerprint density at radius 1 is 1.57 bits per heavy atom. The van der Waals surface area contributed by atoms with E-state index in [9.17, 15) is 4.79 Å². The van der Waals surface area contributed by atoms with E-state index >= 15 is 0 Å². The standard InChI is InChI=1S/C9H8N2O2S/c12-9(13)8-3-4-11(10-8)6-7-2-1-5-14-7/h1-5H,6H2,(H,12,13). The van der Waals surface area contributed by atoms with Crippen LogP contribution in [0, 0.1) is 0 Å². The van der Waals surface area contributed by atoms with E-state index in [0.29, 0.717) is 6.54 Å². The van der Waals surface area contributed by atoms with Crippen LogP contribution in [0.1, 0.15) is 15.4 Å². The Labute approximate surface area is 84.4 Å². The number of carbonyl (C=O) groups is 1. The highest BCUT2D eigenvalue weighted by Crippen LogP contribution is 2.10. The average Bonchev–Trinajstić information content (AvgIpc) is 2.75. The molecule has 2 aromatic heterocycles. The highest BCUT2D eigenvalue weighted by atomic mass is 32.1. The summed E-state index contributed by atoms with van der Waals surface area (Å²) in [6.45, 7) is 0.630. The van der Waals surface area contributed by atoms with Crippen molar-refractivity contribution in [2.75, 3.05) is 0 Å². The average molecular weight is 208 g/mol. The van der Waals surface area contributed by atoms with Crippen molar-refractivity contribution in [1.29, 1.82) is 0 Å². The molecule has 0 aromatic carbocycles. The van der Waals surface area contributed by atoms with Crippen LogP contribution in [0.2, 0.25) is 0 Å². The van der Waals surface area contributed by atoms with Gasteiger partial charge in [0.15, 0.2) is 5.69 Å². The monoisotopic (exact) mass is 208 g/mol. The molecule has 0 fully saturated rings. The first kappa shape index (κ1) is 8.96. The van der Waals surface area contributed by atoms with Crippen LogP contribution in [0.25, 0.3) is 0 Å². The maximum Gasteiger partial charge on any atom is 0.356 e. The molecule has 0 amide bonds. The number of rotatable bonds is 3. The van der Waals surface area contributed by atoms with Crippen LogP contribution in [0.4, 0.5) is 0 Å². The number of aromatic nitrogens is 2. The van der Waals surface area contributed by atoms with Crippen LogP contribution in [0.3, 0.4) is 0 Å². The summed E-state index contributed by atoms with van der Waals surface area (Å²) in [7, 11) is 0. The van der Waals surface area contributed by atoms with Crippen LogP contribution in [-0.2, 0) is 6.54 Å². The number of hydrogen-bond acceptors (Lipinski definition) is 3. The SMILES string of the molecule is O=C(O)c1ccn(Cc2cccs2)n1. The Bertz CT molecular complexity index is 433. The smallest absolute Gasteiger partial charge is 0.356 e. The topological polar surface area (TPSA) is 55.1 Å². The van der Waals surface area contributed by atoms with E-state index in [4.69, 9.17) is 5.11 Å². The molecule has 0 unspecified atom stereocenters. The summed E-state index contributed by atoms with van der Waals surface area (Å²) in [5, 5.41) is 14.5. The van der Waals surface area contributed by atoms with Gasteiger partial charge in [-0.15, -0.1) is 11.3 Å². The van der Waals surface area contributed by atoms with E-state index in [1.165, 1.54) is 6.07 Å². The van der Waals surface area contributed by atoms with Crippen molar-refractivity contribution in [3.8, 4) is 0 Å². The molecule has 72 valence electrons. The summed E-state index contributed by atoms with van der Waals surface area (Å²) in [6, 6.07) is 5.45. The predicted molar refractivity (Wildman–Crippen MR) is 52.6 cm³/mol. The van der Waals surface area contributed by atoms with Gasteiger partial charge in [-0.1, -0.05) is 6.07 Å². The summed E-state index contributed by atoms with van der Waals surface area (Å²) >= 11 is 1.63. The van der Waals surface area contributed by atoms with Crippen molar-refractivity contribution < 1.29 is 9.90 Å². The Hall–Kier alpha value is -1.62. The van der Waals surface area contributed by atoms with Crippen molar-refractivity contribution in [3.63, 3.8) is 0 Å². The molecule has 5 heteroatoms. The Morgan fingerprint density at radius 3 is 3.00 bits per heavy atom. The summed E-state index contributed by atoms with van der Waals surface area (Å²) in [6.07, 6.45) is 1.67. The number of thiophene rings is 1. The van der Waals surface area contributed by atoms with Crippen LogP contribution in [0.15, 0.2) is 29.8 Å². The minimum Gasteiger partial charge on any atom is -0.476 e. The van der Waals surface area contributed by atoms with E-state index < -0.39 is 5.97 Å². The van der Waals surface area contributed by atoms with Gasteiger partial charge in [-0.3, -0.25) is 4.68 Å². The Morgan fingerprint density at radius 2 is 2.43 bits per heavy atom. The third-order valence-electron chi connectivity index (χ3n) is 1.76. The second-order valence-corrected chi connectivity index (χ2v) is 3.82. The summed E-state index contributed by atoms with van der Waals surface area (Å²) in [4.78, 5) is 11.7. The second kappa shape index (κ2) is 3.63. The number of carboxylic acids is 1. The molecule has 0 spiro atoms. The van der Waals surface area contributed by atoms with E-state index in [1.54, 1.807) is 22.2 Å². The predicted octanol–water partition coefficient (Wildman–Crippen LogP) is 1.69. The van der Waals surface area contributed by atoms with Crippen molar-refractivity contribution >= 4 is 17.3 Å². The van der Waals surface area contributed by atoms with E-state index in [0.717, 1.165) is 4.88 Å². The van der Waals surface area contributed by atoms with Crippen LogP contribution < -0.4 is 0 Å². The van der Waals surface area contributed by atoms with Crippen LogP contribution >= 0.6 is 11.3 Å². The molecule has 1 N–H and O–H groups in total.